The molecule has 104 valence electrons. The molecular weight excluding hydrogens is 256 g/mol. The van der Waals surface area contributed by atoms with E-state index in [1.165, 1.54) is 17.4 Å². The van der Waals surface area contributed by atoms with Gasteiger partial charge in [-0.1, -0.05) is 43.7 Å². The van der Waals surface area contributed by atoms with Gasteiger partial charge < -0.3 is 0 Å². The largest absolute Gasteiger partial charge is 0.229 e. The molecule has 1 aliphatic rings. The number of hydrogen-bond acceptors (Lipinski definition) is 2. The summed E-state index contributed by atoms with van der Waals surface area (Å²) < 4.78 is 23.2. The van der Waals surface area contributed by atoms with Crippen LogP contribution in [0.15, 0.2) is 24.3 Å². The topological polar surface area (TPSA) is 34.1 Å². The van der Waals surface area contributed by atoms with E-state index in [4.69, 9.17) is 0 Å². The highest BCUT2D eigenvalue weighted by Gasteiger charge is 2.27. The third-order valence-corrected chi connectivity index (χ3v) is 4.66. The maximum absolute atomic E-state index is 11.6. The van der Waals surface area contributed by atoms with Gasteiger partial charge in [-0.3, -0.25) is 0 Å². The molecule has 2 nitrogen and oxygen atoms in total. The van der Waals surface area contributed by atoms with Gasteiger partial charge in [-0.2, -0.15) is 0 Å². The Bertz CT molecular complexity index is 622. The lowest BCUT2D eigenvalue weighted by atomic mass is 9.78. The Morgan fingerprint density at radius 1 is 1.26 bits per heavy atom. The summed E-state index contributed by atoms with van der Waals surface area (Å²) in [6.07, 6.45) is 5.39. The zero-order chi connectivity index (χ0) is 14.3. The average molecular weight is 278 g/mol. The molecular formula is C16H22O2S. The molecule has 0 amide bonds. The van der Waals surface area contributed by atoms with Gasteiger partial charge in [0.25, 0.3) is 0 Å². The Morgan fingerprint density at radius 2 is 1.95 bits per heavy atom. The van der Waals surface area contributed by atoms with Gasteiger partial charge >= 0.3 is 0 Å². The van der Waals surface area contributed by atoms with Crippen LogP contribution in [0.5, 0.6) is 0 Å². The fourth-order valence-corrected chi connectivity index (χ4v) is 3.61. The maximum atomic E-state index is 11.6. The third-order valence-electron chi connectivity index (χ3n) is 3.83. The molecule has 0 bridgehead atoms. The second kappa shape index (κ2) is 4.78. The van der Waals surface area contributed by atoms with Gasteiger partial charge in [0, 0.05) is 6.26 Å². The minimum atomic E-state index is -3.00. The molecule has 0 atom stereocenters. The minimum Gasteiger partial charge on any atom is -0.229 e. The normalized spacial score (nSPS) is 18.4. The maximum Gasteiger partial charge on any atom is 0.151 e. The predicted molar refractivity (Wildman–Crippen MR) is 81.1 cm³/mol. The van der Waals surface area contributed by atoms with E-state index >= 15 is 0 Å². The van der Waals surface area contributed by atoms with Gasteiger partial charge in [0.2, 0.25) is 0 Å². The zero-order valence-electron chi connectivity index (χ0n) is 12.2. The first-order valence-corrected chi connectivity index (χ1v) is 8.73. The van der Waals surface area contributed by atoms with Gasteiger partial charge in [-0.05, 0) is 41.9 Å². The summed E-state index contributed by atoms with van der Waals surface area (Å²) in [5.41, 5.74) is 4.67. The van der Waals surface area contributed by atoms with Crippen molar-refractivity contribution in [3.05, 3.63) is 41.0 Å². The highest BCUT2D eigenvalue weighted by molar-refractivity contribution is 7.91. The average Bonchev–Trinajstić information content (AvgIpc) is 2.35. The molecule has 0 spiro atoms. The first-order chi connectivity index (χ1) is 8.69. The summed E-state index contributed by atoms with van der Waals surface area (Å²) in [6.45, 7) is 6.56. The second-order valence-corrected chi connectivity index (χ2v) is 8.41. The van der Waals surface area contributed by atoms with Crippen molar-refractivity contribution < 1.29 is 8.42 Å². The molecule has 0 saturated heterocycles. The van der Waals surface area contributed by atoms with E-state index in [1.807, 2.05) is 0 Å². The number of sulfone groups is 1. The standard InChI is InChI=1S/C16H22O2S/c1-12-7-8-14-13(11-19(4,17)18)6-5-9-16(2,3)15(14)10-12/h6-8,10H,5,9,11H2,1-4H3. The van der Waals surface area contributed by atoms with Gasteiger partial charge in [-0.15, -0.1) is 0 Å². The minimum absolute atomic E-state index is 0.0944. The SMILES string of the molecule is Cc1ccc2c(c1)C(C)(C)CCC=C2CS(C)(=O)=O. The van der Waals surface area contributed by atoms with Crippen LogP contribution in [0.3, 0.4) is 0 Å². The third kappa shape index (κ3) is 3.27. The Morgan fingerprint density at radius 3 is 2.58 bits per heavy atom. The molecule has 0 aliphatic heterocycles. The van der Waals surface area contributed by atoms with Gasteiger partial charge in [-0.25, -0.2) is 8.42 Å². The van der Waals surface area contributed by atoms with Crippen LogP contribution in [0.4, 0.5) is 0 Å². The number of rotatable bonds is 2. The van der Waals surface area contributed by atoms with Crippen LogP contribution in [-0.4, -0.2) is 20.4 Å². The molecule has 0 saturated carbocycles. The summed E-state index contributed by atoms with van der Waals surface area (Å²) >= 11 is 0. The quantitative estimate of drug-likeness (QED) is 0.830. The first-order valence-electron chi connectivity index (χ1n) is 6.67. The van der Waals surface area contributed by atoms with E-state index in [9.17, 15) is 8.42 Å². The van der Waals surface area contributed by atoms with E-state index in [0.717, 1.165) is 24.0 Å². The van der Waals surface area contributed by atoms with Crippen LogP contribution in [0.25, 0.3) is 5.57 Å². The Hall–Kier alpha value is -1.09. The van der Waals surface area contributed by atoms with Crippen LogP contribution in [0, 0.1) is 6.92 Å². The van der Waals surface area contributed by atoms with Crippen LogP contribution in [0.1, 0.15) is 43.4 Å². The monoisotopic (exact) mass is 278 g/mol. The first kappa shape index (κ1) is 14.3. The Labute approximate surface area is 116 Å². The second-order valence-electron chi connectivity index (χ2n) is 6.27. The molecule has 1 aliphatic carbocycles. The van der Waals surface area contributed by atoms with Gasteiger partial charge in [0.1, 0.15) is 0 Å². The fraction of sp³-hybridized carbons (Fsp3) is 0.500. The summed E-state index contributed by atoms with van der Waals surface area (Å²) in [5.74, 6) is 0.138. The lowest BCUT2D eigenvalue weighted by Crippen LogP contribution is -2.18. The van der Waals surface area contributed by atoms with Crippen molar-refractivity contribution in [1.82, 2.24) is 0 Å². The highest BCUT2D eigenvalue weighted by atomic mass is 32.2. The molecule has 0 radical (unpaired) electrons. The van der Waals surface area contributed by atoms with Crippen molar-refractivity contribution in [2.75, 3.05) is 12.0 Å². The van der Waals surface area contributed by atoms with Crippen molar-refractivity contribution in [3.63, 3.8) is 0 Å². The van der Waals surface area contributed by atoms with E-state index in [1.54, 1.807) is 0 Å². The molecule has 0 aromatic heterocycles. The summed E-state index contributed by atoms with van der Waals surface area (Å²) in [7, 11) is -3.00. The van der Waals surface area contributed by atoms with Crippen LogP contribution in [-0.2, 0) is 15.3 Å². The van der Waals surface area contributed by atoms with E-state index in [2.05, 4.69) is 45.0 Å². The van der Waals surface area contributed by atoms with Crippen molar-refractivity contribution >= 4 is 15.4 Å². The Kier molecular flexibility index (Phi) is 3.61. The molecule has 19 heavy (non-hydrogen) atoms. The number of hydrogen-bond donors (Lipinski definition) is 0. The van der Waals surface area contributed by atoms with Crippen LogP contribution < -0.4 is 0 Å². The number of allylic oxidation sites excluding steroid dienone is 1. The fourth-order valence-electron chi connectivity index (χ4n) is 2.77. The Balaban J connectivity index is 2.58. The molecule has 0 unspecified atom stereocenters. The van der Waals surface area contributed by atoms with Gasteiger partial charge in [0.15, 0.2) is 9.84 Å². The summed E-state index contributed by atoms with van der Waals surface area (Å²) in [5, 5.41) is 0. The molecule has 0 N–H and O–H groups in total. The van der Waals surface area contributed by atoms with Crippen molar-refractivity contribution in [2.45, 2.75) is 39.0 Å². The van der Waals surface area contributed by atoms with Crippen molar-refractivity contribution in [2.24, 2.45) is 0 Å². The molecule has 1 aromatic rings. The van der Waals surface area contributed by atoms with E-state index < -0.39 is 9.84 Å². The zero-order valence-corrected chi connectivity index (χ0v) is 13.0. The number of benzene rings is 1. The molecule has 0 fully saturated rings. The summed E-state index contributed by atoms with van der Waals surface area (Å²) in [4.78, 5) is 0. The van der Waals surface area contributed by atoms with Gasteiger partial charge in [0.05, 0.1) is 5.75 Å². The van der Waals surface area contributed by atoms with Crippen molar-refractivity contribution in [3.8, 4) is 0 Å². The van der Waals surface area contributed by atoms with E-state index in [0.29, 0.717) is 0 Å². The molecule has 0 heterocycles. The van der Waals surface area contributed by atoms with Crippen molar-refractivity contribution in [1.29, 1.82) is 0 Å². The number of fused-ring (bicyclic) bond motifs is 1. The lowest BCUT2D eigenvalue weighted by Gasteiger charge is -2.26. The van der Waals surface area contributed by atoms with Crippen LogP contribution in [0.2, 0.25) is 0 Å². The molecule has 2 rings (SSSR count). The summed E-state index contributed by atoms with van der Waals surface area (Å²) in [6, 6.07) is 6.35. The smallest absolute Gasteiger partial charge is 0.151 e. The lowest BCUT2D eigenvalue weighted by molar-refractivity contribution is 0.487. The molecule has 3 heteroatoms. The predicted octanol–water partition coefficient (Wildman–Crippen LogP) is 3.49. The van der Waals surface area contributed by atoms with E-state index in [-0.39, 0.29) is 11.2 Å². The van der Waals surface area contributed by atoms with Crippen LogP contribution >= 0.6 is 0 Å². The molecule has 1 aromatic carbocycles. The number of aryl methyl sites for hydroxylation is 1. The highest BCUT2D eigenvalue weighted by Crippen LogP contribution is 2.38.